The van der Waals surface area contributed by atoms with Crippen molar-refractivity contribution < 1.29 is 33.0 Å². The molecule has 2 aromatic rings. The molecule has 4 rings (SSSR count). The maximum Gasteiger partial charge on any atom is 0.309 e. The topological polar surface area (TPSA) is 112 Å². The van der Waals surface area contributed by atoms with Gasteiger partial charge in [0.25, 0.3) is 0 Å². The highest BCUT2D eigenvalue weighted by Gasteiger charge is 2.62. The van der Waals surface area contributed by atoms with E-state index in [0.29, 0.717) is 0 Å². The minimum atomic E-state index is -1.97. The molecule has 0 radical (unpaired) electrons. The van der Waals surface area contributed by atoms with Crippen LogP contribution in [0.2, 0.25) is 10.0 Å². The molecule has 8 nitrogen and oxygen atoms in total. The van der Waals surface area contributed by atoms with Gasteiger partial charge in [0.15, 0.2) is 12.0 Å². The Kier molecular flexibility index (Phi) is 8.95. The lowest BCUT2D eigenvalue weighted by Crippen LogP contribution is -2.52. The lowest BCUT2D eigenvalue weighted by Gasteiger charge is -2.38. The minimum Gasteiger partial charge on any atom is -0.481 e. The highest BCUT2D eigenvalue weighted by Crippen LogP contribution is 2.53. The van der Waals surface area contributed by atoms with Crippen molar-refractivity contribution in [3.63, 3.8) is 0 Å². The molecule has 5 atom stereocenters. The highest BCUT2D eigenvalue weighted by atomic mass is 35.5. The third kappa shape index (κ3) is 5.61. The number of rotatable bonds is 8. The number of aliphatic carboxylic acids is 1. The molecule has 2 aliphatic rings. The second kappa shape index (κ2) is 11.7. The third-order valence-corrected chi connectivity index (χ3v) is 8.68. The number of carboxylic acid groups (broad SMARTS) is 1. The average Bonchev–Trinajstić information content (AvgIpc) is 3.42. The fourth-order valence-electron chi connectivity index (χ4n) is 6.03. The second-order valence-corrected chi connectivity index (χ2v) is 12.6. The minimum absolute atomic E-state index is 0.0639. The van der Waals surface area contributed by atoms with Gasteiger partial charge in [-0.15, -0.1) is 0 Å². The number of carboxylic acids is 1. The number of amides is 1. The Morgan fingerprint density at radius 2 is 1.93 bits per heavy atom. The lowest BCUT2D eigenvalue weighted by molar-refractivity contribution is -0.169. The molecule has 42 heavy (non-hydrogen) atoms. The zero-order chi connectivity index (χ0) is 31.2. The summed E-state index contributed by atoms with van der Waals surface area (Å²) in [6.45, 7) is 8.32. The van der Waals surface area contributed by atoms with E-state index in [0.717, 1.165) is 6.07 Å². The first kappa shape index (κ1) is 32.1. The zero-order valence-corrected chi connectivity index (χ0v) is 25.4. The zero-order valence-electron chi connectivity index (χ0n) is 23.9. The van der Waals surface area contributed by atoms with Crippen molar-refractivity contribution in [1.82, 2.24) is 10.2 Å². The van der Waals surface area contributed by atoms with Crippen LogP contribution in [0.3, 0.4) is 0 Å². The quantitative estimate of drug-likeness (QED) is 0.393. The molecule has 2 heterocycles. The van der Waals surface area contributed by atoms with Crippen LogP contribution in [0.1, 0.15) is 58.1 Å². The summed E-state index contributed by atoms with van der Waals surface area (Å²) in [6.07, 6.45) is -0.995. The van der Waals surface area contributed by atoms with Gasteiger partial charge < -0.3 is 24.8 Å². The van der Waals surface area contributed by atoms with Gasteiger partial charge >= 0.3 is 5.97 Å². The fraction of sp³-hybridized carbons (Fsp3) is 0.500. The first-order valence-corrected chi connectivity index (χ1v) is 14.3. The van der Waals surface area contributed by atoms with Crippen LogP contribution in [0.25, 0.3) is 0 Å². The summed E-state index contributed by atoms with van der Waals surface area (Å²) in [5, 5.41) is 23.9. The smallest absolute Gasteiger partial charge is 0.309 e. The van der Waals surface area contributed by atoms with Crippen molar-refractivity contribution in [3.05, 3.63) is 69.2 Å². The van der Waals surface area contributed by atoms with Crippen LogP contribution >= 0.6 is 23.2 Å². The van der Waals surface area contributed by atoms with E-state index in [9.17, 15) is 20.0 Å². The predicted octanol–water partition coefficient (Wildman–Crippen LogP) is 5.62. The van der Waals surface area contributed by atoms with E-state index >= 15 is 8.78 Å². The van der Waals surface area contributed by atoms with E-state index in [1.54, 1.807) is 20.8 Å². The van der Waals surface area contributed by atoms with Gasteiger partial charge in [0.2, 0.25) is 5.91 Å². The van der Waals surface area contributed by atoms with E-state index in [1.165, 1.54) is 49.1 Å². The van der Waals surface area contributed by atoms with Gasteiger partial charge in [0, 0.05) is 29.1 Å². The summed E-state index contributed by atoms with van der Waals surface area (Å²) >= 11 is 12.2. The van der Waals surface area contributed by atoms with Gasteiger partial charge in [-0.2, -0.15) is 5.26 Å². The van der Waals surface area contributed by atoms with Crippen LogP contribution in [0.5, 0.6) is 0 Å². The number of nitrogens with zero attached hydrogens (tertiary/aromatic N) is 2. The number of benzene rings is 2. The predicted molar refractivity (Wildman–Crippen MR) is 152 cm³/mol. The average molecular weight is 625 g/mol. The summed E-state index contributed by atoms with van der Waals surface area (Å²) < 4.78 is 43.3. The van der Waals surface area contributed by atoms with Crippen LogP contribution in [-0.4, -0.2) is 59.1 Å². The Morgan fingerprint density at radius 1 is 1.24 bits per heavy atom. The summed E-state index contributed by atoms with van der Waals surface area (Å²) in [5.41, 5.74) is -3.65. The maximum atomic E-state index is 15.9. The van der Waals surface area contributed by atoms with Crippen molar-refractivity contribution >= 4 is 35.1 Å². The number of ether oxygens (including phenoxy) is 2. The van der Waals surface area contributed by atoms with Gasteiger partial charge in [-0.25, -0.2) is 8.78 Å². The molecule has 0 saturated carbocycles. The Balaban J connectivity index is 1.99. The van der Waals surface area contributed by atoms with Gasteiger partial charge in [-0.3, -0.25) is 9.59 Å². The normalized spacial score (nSPS) is 27.0. The largest absolute Gasteiger partial charge is 0.481 e. The first-order chi connectivity index (χ1) is 19.6. The number of hydrogen-bond donors (Lipinski definition) is 2. The van der Waals surface area contributed by atoms with Crippen molar-refractivity contribution in [3.8, 4) is 6.07 Å². The Labute approximate surface area is 253 Å². The Bertz CT molecular complexity index is 1430. The number of nitrogens with one attached hydrogen (secondary N) is 1. The summed E-state index contributed by atoms with van der Waals surface area (Å²) in [6, 6.07) is 7.71. The van der Waals surface area contributed by atoms with E-state index in [2.05, 4.69) is 11.4 Å². The summed E-state index contributed by atoms with van der Waals surface area (Å²) in [7, 11) is 0. The molecular formula is C30H33Cl2F2N3O5. The Morgan fingerprint density at radius 3 is 2.48 bits per heavy atom. The molecule has 0 aliphatic carbocycles. The van der Waals surface area contributed by atoms with Gasteiger partial charge in [0.1, 0.15) is 17.0 Å². The molecule has 12 heteroatoms. The molecule has 2 aromatic carbocycles. The molecular weight excluding hydrogens is 591 g/mol. The van der Waals surface area contributed by atoms with Crippen LogP contribution in [0.4, 0.5) is 8.78 Å². The van der Waals surface area contributed by atoms with Crippen molar-refractivity contribution in [2.24, 2.45) is 5.41 Å². The highest BCUT2D eigenvalue weighted by molar-refractivity contribution is 6.31. The van der Waals surface area contributed by atoms with Gasteiger partial charge in [-0.05, 0) is 64.8 Å². The van der Waals surface area contributed by atoms with E-state index in [-0.39, 0.29) is 40.7 Å². The number of carbonyl (C=O) groups is 2. The molecule has 0 bridgehead atoms. The standard InChI is InChI=1S/C30H33Cl2F2N3O5/c1-6-37(22-14-41-29(4,5)42-22)26(38)25-23(17-8-7-9-19(32)24(17)34)30(15-35,18-11-10-16(31)12-20(18)33)21(36-25)13-28(2,3)27(39)40/h7-12,21-23,25,36H,6,13-14H2,1-5H3,(H,39,40)/t21-,22?,23-,25+,30-/m0/s1. The fourth-order valence-corrected chi connectivity index (χ4v) is 6.37. The van der Waals surface area contributed by atoms with Crippen LogP contribution < -0.4 is 5.32 Å². The lowest BCUT2D eigenvalue weighted by atomic mass is 9.62. The molecule has 2 aliphatic heterocycles. The third-order valence-electron chi connectivity index (χ3n) is 8.16. The number of nitriles is 1. The van der Waals surface area contributed by atoms with Gasteiger partial charge in [0.05, 0.1) is 29.2 Å². The SMILES string of the molecule is CCN(C(=O)[C@@H]1N[C@@H](CC(C)(C)C(=O)O)[C@](C#N)(c2ccc(Cl)cc2F)[C@H]1c1cccc(Cl)c1F)C1COC(C)(C)O1. The first-order valence-electron chi connectivity index (χ1n) is 13.5. The van der Waals surface area contributed by atoms with E-state index in [4.69, 9.17) is 32.7 Å². The van der Waals surface area contributed by atoms with Crippen molar-refractivity contribution in [1.29, 1.82) is 5.26 Å². The molecule has 1 amide bonds. The molecule has 2 N–H and O–H groups in total. The van der Waals surface area contributed by atoms with Crippen LogP contribution in [-0.2, 0) is 24.5 Å². The van der Waals surface area contributed by atoms with Crippen molar-refractivity contribution in [2.45, 2.75) is 76.5 Å². The molecule has 0 aromatic heterocycles. The van der Waals surface area contributed by atoms with Crippen LogP contribution in [0, 0.1) is 28.4 Å². The van der Waals surface area contributed by atoms with Gasteiger partial charge in [-0.1, -0.05) is 41.4 Å². The number of likely N-dealkylation sites (N-methyl/N-ethyl adjacent to an activating group) is 1. The monoisotopic (exact) mass is 623 g/mol. The summed E-state index contributed by atoms with van der Waals surface area (Å²) in [4.78, 5) is 28.0. The molecule has 226 valence electrons. The van der Waals surface area contributed by atoms with Crippen molar-refractivity contribution in [2.75, 3.05) is 13.2 Å². The Hall–Kier alpha value is -2.81. The summed E-state index contributed by atoms with van der Waals surface area (Å²) in [5.74, 6) is -5.76. The molecule has 2 fully saturated rings. The molecule has 2 saturated heterocycles. The molecule has 1 unspecified atom stereocenters. The van der Waals surface area contributed by atoms with E-state index < -0.39 is 64.4 Å². The number of halogens is 4. The second-order valence-electron chi connectivity index (χ2n) is 11.7. The molecule has 0 spiro atoms. The van der Waals surface area contributed by atoms with E-state index in [1.807, 2.05) is 0 Å². The van der Waals surface area contributed by atoms with Crippen LogP contribution in [0.15, 0.2) is 36.4 Å². The number of hydrogen-bond acceptors (Lipinski definition) is 6. The maximum absolute atomic E-state index is 15.9. The number of carbonyl (C=O) groups excluding carboxylic acids is 1.